The molecule has 1 saturated heterocycles. The third-order valence-electron chi connectivity index (χ3n) is 4.56. The molecule has 0 spiro atoms. The molecule has 1 fully saturated rings. The smallest absolute Gasteiger partial charge is 0.399 e. The first-order chi connectivity index (χ1) is 10.5. The molecule has 126 valence electrons. The van der Waals surface area contributed by atoms with E-state index in [2.05, 4.69) is 19.2 Å². The first-order valence-electron chi connectivity index (χ1n) is 8.27. The first kappa shape index (κ1) is 18.0. The summed E-state index contributed by atoms with van der Waals surface area (Å²) in [6, 6.07) is 5.77. The van der Waals surface area contributed by atoms with Crippen LogP contribution in [-0.2, 0) is 9.31 Å². The third kappa shape index (κ3) is 3.96. The van der Waals surface area contributed by atoms with Gasteiger partial charge in [-0.3, -0.25) is 4.79 Å². The molecule has 1 amide bonds. The summed E-state index contributed by atoms with van der Waals surface area (Å²) in [4.78, 5) is 12.3. The van der Waals surface area contributed by atoms with E-state index in [0.29, 0.717) is 18.0 Å². The van der Waals surface area contributed by atoms with Gasteiger partial charge in [0.05, 0.1) is 11.2 Å². The van der Waals surface area contributed by atoms with Crippen LogP contribution in [0.1, 0.15) is 57.5 Å². The largest absolute Gasteiger partial charge is 0.494 e. The van der Waals surface area contributed by atoms with Gasteiger partial charge in [0.15, 0.2) is 0 Å². The molecule has 1 N–H and O–H groups in total. The van der Waals surface area contributed by atoms with Crippen LogP contribution in [0.4, 0.5) is 0 Å². The van der Waals surface area contributed by atoms with Gasteiger partial charge in [-0.25, -0.2) is 0 Å². The maximum Gasteiger partial charge on any atom is 0.494 e. The van der Waals surface area contributed by atoms with Gasteiger partial charge >= 0.3 is 7.12 Å². The minimum Gasteiger partial charge on any atom is -0.399 e. The van der Waals surface area contributed by atoms with Gasteiger partial charge in [0.25, 0.3) is 5.91 Å². The molecule has 2 rings (SSSR count). The topological polar surface area (TPSA) is 47.6 Å². The highest BCUT2D eigenvalue weighted by atomic mass is 16.7. The number of nitrogens with one attached hydrogen (secondary N) is 1. The van der Waals surface area contributed by atoms with Crippen LogP contribution in [0.3, 0.4) is 0 Å². The van der Waals surface area contributed by atoms with Crippen LogP contribution in [0, 0.1) is 12.8 Å². The lowest BCUT2D eigenvalue weighted by Crippen LogP contribution is -2.41. The molecular formula is C18H28BNO3. The van der Waals surface area contributed by atoms with Crippen molar-refractivity contribution in [2.75, 3.05) is 6.54 Å². The van der Waals surface area contributed by atoms with Gasteiger partial charge in [-0.1, -0.05) is 25.5 Å². The zero-order chi connectivity index (χ0) is 17.4. The van der Waals surface area contributed by atoms with Crippen molar-refractivity contribution >= 4 is 18.5 Å². The van der Waals surface area contributed by atoms with Gasteiger partial charge in [-0.05, 0) is 58.1 Å². The molecule has 0 aliphatic carbocycles. The number of rotatable bonds is 4. The third-order valence-corrected chi connectivity index (χ3v) is 4.56. The predicted molar refractivity (Wildman–Crippen MR) is 94.1 cm³/mol. The number of carbonyl (C=O) groups excluding carboxylic acids is 1. The van der Waals surface area contributed by atoms with Gasteiger partial charge in [-0.2, -0.15) is 0 Å². The maximum absolute atomic E-state index is 12.3. The van der Waals surface area contributed by atoms with Gasteiger partial charge in [-0.15, -0.1) is 0 Å². The summed E-state index contributed by atoms with van der Waals surface area (Å²) in [5.74, 6) is 0.367. The van der Waals surface area contributed by atoms with Crippen LogP contribution in [0.25, 0.3) is 0 Å². The van der Waals surface area contributed by atoms with Crippen LogP contribution in [0.5, 0.6) is 0 Å². The Morgan fingerprint density at radius 1 is 1.13 bits per heavy atom. The van der Waals surface area contributed by atoms with E-state index in [1.165, 1.54) is 0 Å². The zero-order valence-corrected chi connectivity index (χ0v) is 15.3. The molecule has 1 aliphatic heterocycles. The summed E-state index contributed by atoms with van der Waals surface area (Å²) in [6.45, 7) is 14.9. The van der Waals surface area contributed by atoms with Crippen molar-refractivity contribution in [3.63, 3.8) is 0 Å². The Hall–Kier alpha value is -1.33. The molecule has 1 heterocycles. The molecule has 0 atom stereocenters. The van der Waals surface area contributed by atoms with E-state index >= 15 is 0 Å². The number of aryl methyl sites for hydroxylation is 1. The molecular weight excluding hydrogens is 289 g/mol. The summed E-state index contributed by atoms with van der Waals surface area (Å²) in [7, 11) is -0.448. The van der Waals surface area contributed by atoms with E-state index in [4.69, 9.17) is 9.31 Å². The highest BCUT2D eigenvalue weighted by Crippen LogP contribution is 2.36. The fraction of sp³-hybridized carbons (Fsp3) is 0.611. The van der Waals surface area contributed by atoms with E-state index in [1.54, 1.807) is 0 Å². The van der Waals surface area contributed by atoms with Crippen LogP contribution < -0.4 is 10.8 Å². The summed E-state index contributed by atoms with van der Waals surface area (Å²) in [5, 5.41) is 2.96. The number of hydrogen-bond acceptors (Lipinski definition) is 3. The molecule has 4 nitrogen and oxygen atoms in total. The minimum absolute atomic E-state index is 0.0554. The standard InChI is InChI=1S/C18H28BNO3/c1-12(2)11-20-16(21)14-8-13(3)9-15(10-14)19-22-17(4,5)18(6,7)23-19/h8-10,12H,11H2,1-7H3,(H,20,21). The zero-order valence-electron chi connectivity index (χ0n) is 15.3. The van der Waals surface area contributed by atoms with Crippen molar-refractivity contribution in [1.29, 1.82) is 0 Å². The van der Waals surface area contributed by atoms with Crippen molar-refractivity contribution in [3.8, 4) is 0 Å². The van der Waals surface area contributed by atoms with Gasteiger partial charge in [0.1, 0.15) is 0 Å². The lowest BCUT2D eigenvalue weighted by molar-refractivity contribution is 0.00578. The normalized spacial score (nSPS) is 19.2. The SMILES string of the molecule is Cc1cc(B2OC(C)(C)C(C)(C)O2)cc(C(=O)NCC(C)C)c1. The van der Waals surface area contributed by atoms with Crippen molar-refractivity contribution in [2.24, 2.45) is 5.92 Å². The van der Waals surface area contributed by atoms with Crippen molar-refractivity contribution in [3.05, 3.63) is 29.3 Å². The number of amides is 1. The quantitative estimate of drug-likeness (QED) is 0.869. The monoisotopic (exact) mass is 317 g/mol. The van der Waals surface area contributed by atoms with Crippen LogP contribution >= 0.6 is 0 Å². The van der Waals surface area contributed by atoms with Gasteiger partial charge in [0.2, 0.25) is 0 Å². The highest BCUT2D eigenvalue weighted by Gasteiger charge is 2.51. The molecule has 0 aromatic heterocycles. The summed E-state index contributed by atoms with van der Waals surface area (Å²) >= 11 is 0. The van der Waals surface area contributed by atoms with Crippen LogP contribution in [0.2, 0.25) is 0 Å². The second-order valence-electron chi connectivity index (χ2n) is 7.82. The van der Waals surface area contributed by atoms with Crippen molar-refractivity contribution in [1.82, 2.24) is 5.32 Å². The first-order valence-corrected chi connectivity index (χ1v) is 8.27. The number of carbonyl (C=O) groups is 1. The average molecular weight is 317 g/mol. The molecule has 0 radical (unpaired) electrons. The Labute approximate surface area is 140 Å². The lowest BCUT2D eigenvalue weighted by atomic mass is 9.77. The molecule has 0 saturated carbocycles. The Morgan fingerprint density at radius 3 is 2.22 bits per heavy atom. The fourth-order valence-electron chi connectivity index (χ4n) is 2.46. The van der Waals surface area contributed by atoms with E-state index < -0.39 is 7.12 Å². The molecule has 1 aliphatic rings. The highest BCUT2D eigenvalue weighted by molar-refractivity contribution is 6.62. The average Bonchev–Trinajstić information content (AvgIpc) is 2.64. The summed E-state index contributed by atoms with van der Waals surface area (Å²) in [6.07, 6.45) is 0. The maximum atomic E-state index is 12.3. The fourth-order valence-corrected chi connectivity index (χ4v) is 2.46. The Kier molecular flexibility index (Phi) is 4.93. The van der Waals surface area contributed by atoms with Crippen LogP contribution in [0.15, 0.2) is 18.2 Å². The Bertz CT molecular complexity index is 580. The van der Waals surface area contributed by atoms with E-state index in [9.17, 15) is 4.79 Å². The van der Waals surface area contributed by atoms with E-state index in [0.717, 1.165) is 11.0 Å². The summed E-state index contributed by atoms with van der Waals surface area (Å²) < 4.78 is 12.2. The predicted octanol–water partition coefficient (Wildman–Crippen LogP) is 2.68. The van der Waals surface area contributed by atoms with E-state index in [-0.39, 0.29) is 17.1 Å². The molecule has 5 heteroatoms. The van der Waals surface area contributed by atoms with Crippen molar-refractivity contribution in [2.45, 2.75) is 59.7 Å². The van der Waals surface area contributed by atoms with E-state index in [1.807, 2.05) is 52.8 Å². The Balaban J connectivity index is 2.23. The number of hydrogen-bond donors (Lipinski definition) is 1. The minimum atomic E-state index is -0.448. The number of benzene rings is 1. The summed E-state index contributed by atoms with van der Waals surface area (Å²) in [5.41, 5.74) is 1.78. The van der Waals surface area contributed by atoms with Gasteiger partial charge in [0, 0.05) is 12.1 Å². The molecule has 1 aromatic carbocycles. The Morgan fingerprint density at radius 2 is 1.70 bits per heavy atom. The molecule has 1 aromatic rings. The lowest BCUT2D eigenvalue weighted by Gasteiger charge is -2.32. The van der Waals surface area contributed by atoms with Crippen molar-refractivity contribution < 1.29 is 14.1 Å². The van der Waals surface area contributed by atoms with Crippen LogP contribution in [-0.4, -0.2) is 30.8 Å². The molecule has 0 bridgehead atoms. The second-order valence-corrected chi connectivity index (χ2v) is 7.82. The molecule has 23 heavy (non-hydrogen) atoms. The second kappa shape index (κ2) is 6.29. The molecule has 0 unspecified atom stereocenters. The van der Waals surface area contributed by atoms with Gasteiger partial charge < -0.3 is 14.6 Å².